The number of aromatic hydroxyl groups is 1. The number of benzene rings is 1. The molecular weight excluding hydrogens is 449 g/mol. The third-order valence-electron chi connectivity index (χ3n) is 6.16. The largest absolute Gasteiger partial charge is 0.502 e. The van der Waals surface area contributed by atoms with E-state index in [1.807, 2.05) is 35.1 Å². The highest BCUT2D eigenvalue weighted by molar-refractivity contribution is 5.42. The maximum atomic E-state index is 12.6. The number of nitrogens with one attached hydrogen (secondary N) is 2. The molecule has 1 fully saturated rings. The quantitative estimate of drug-likeness (QED) is 0.322. The van der Waals surface area contributed by atoms with Crippen molar-refractivity contribution >= 4 is 0 Å². The van der Waals surface area contributed by atoms with E-state index in [1.165, 1.54) is 6.33 Å². The van der Waals surface area contributed by atoms with Crippen molar-refractivity contribution in [1.29, 1.82) is 0 Å². The number of H-pyrrole nitrogens is 1. The summed E-state index contributed by atoms with van der Waals surface area (Å²) in [4.78, 5) is 18.2. The summed E-state index contributed by atoms with van der Waals surface area (Å²) in [5, 5.41) is 17.6. The Labute approximate surface area is 203 Å². The van der Waals surface area contributed by atoms with Crippen LogP contribution in [-0.2, 0) is 17.7 Å². The second-order valence-electron chi connectivity index (χ2n) is 8.70. The molecule has 1 atom stereocenters. The van der Waals surface area contributed by atoms with Crippen molar-refractivity contribution in [2.45, 2.75) is 31.7 Å². The molecule has 0 radical (unpaired) electrons. The minimum atomic E-state index is -0.577. The van der Waals surface area contributed by atoms with Gasteiger partial charge in [0.1, 0.15) is 6.67 Å². The Hall–Kier alpha value is -3.48. The summed E-state index contributed by atoms with van der Waals surface area (Å²) < 4.78 is 20.0. The van der Waals surface area contributed by atoms with Gasteiger partial charge in [-0.3, -0.25) is 9.48 Å². The van der Waals surface area contributed by atoms with Crippen molar-refractivity contribution in [3.8, 4) is 17.6 Å². The van der Waals surface area contributed by atoms with Crippen LogP contribution in [0.25, 0.3) is 0 Å². The van der Waals surface area contributed by atoms with E-state index < -0.39 is 12.2 Å². The molecule has 0 saturated carbocycles. The van der Waals surface area contributed by atoms with Crippen LogP contribution in [0.3, 0.4) is 0 Å². The fourth-order valence-corrected chi connectivity index (χ4v) is 4.17. The van der Waals surface area contributed by atoms with Crippen molar-refractivity contribution in [3.63, 3.8) is 0 Å². The lowest BCUT2D eigenvalue weighted by atomic mass is 9.93. The molecule has 2 aromatic heterocycles. The van der Waals surface area contributed by atoms with Crippen molar-refractivity contribution in [3.05, 3.63) is 75.7 Å². The van der Waals surface area contributed by atoms with Gasteiger partial charge in [-0.1, -0.05) is 24.0 Å². The van der Waals surface area contributed by atoms with E-state index in [-0.39, 0.29) is 18.2 Å². The van der Waals surface area contributed by atoms with Crippen molar-refractivity contribution in [2.75, 3.05) is 33.0 Å². The van der Waals surface area contributed by atoms with Crippen molar-refractivity contribution in [2.24, 2.45) is 5.92 Å². The molecule has 184 valence electrons. The van der Waals surface area contributed by atoms with Gasteiger partial charge >= 0.3 is 0 Å². The van der Waals surface area contributed by atoms with E-state index in [2.05, 4.69) is 32.2 Å². The number of aromatic nitrogens is 4. The molecule has 9 heteroatoms. The zero-order valence-electron chi connectivity index (χ0n) is 19.5. The van der Waals surface area contributed by atoms with Gasteiger partial charge in [0.25, 0.3) is 5.56 Å². The van der Waals surface area contributed by atoms with Crippen LogP contribution in [0.15, 0.2) is 47.8 Å². The van der Waals surface area contributed by atoms with Gasteiger partial charge < -0.3 is 20.1 Å². The second kappa shape index (κ2) is 12.3. The van der Waals surface area contributed by atoms with Crippen LogP contribution < -0.4 is 10.9 Å². The predicted molar refractivity (Wildman–Crippen MR) is 130 cm³/mol. The highest BCUT2D eigenvalue weighted by Crippen LogP contribution is 2.23. The number of rotatable bonds is 9. The van der Waals surface area contributed by atoms with Gasteiger partial charge in [0.2, 0.25) is 5.75 Å². The van der Waals surface area contributed by atoms with Crippen molar-refractivity contribution < 1.29 is 14.2 Å². The van der Waals surface area contributed by atoms with Gasteiger partial charge in [-0.15, -0.1) is 0 Å². The Balaban J connectivity index is 1.43. The zero-order chi connectivity index (χ0) is 24.5. The minimum absolute atomic E-state index is 0.104. The number of nitrogens with zero attached hydrogens (tertiary/aromatic N) is 3. The first-order valence-electron chi connectivity index (χ1n) is 11.9. The standard InChI is InChI=1S/C26H30FN5O3/c27-9-10-28-15-23(13-24-25(33)26(34)30-18-29-24)22-5-3-19(4-6-22)1-2-21-14-31-32(17-21)16-20-7-11-35-12-8-20/h3-6,14,17-18,20,23,28,33H,7-13,15-16H2,(H,29,30,34). The number of hydrogen-bond donors (Lipinski definition) is 3. The third kappa shape index (κ3) is 7.01. The van der Waals surface area contributed by atoms with E-state index in [1.54, 1.807) is 6.20 Å². The summed E-state index contributed by atoms with van der Waals surface area (Å²) in [5.41, 5.74) is 2.44. The molecular formula is C26H30FN5O3. The summed E-state index contributed by atoms with van der Waals surface area (Å²) in [6, 6.07) is 7.79. The van der Waals surface area contributed by atoms with Crippen molar-refractivity contribution in [1.82, 2.24) is 25.1 Å². The fourth-order valence-electron chi connectivity index (χ4n) is 4.17. The van der Waals surface area contributed by atoms with Crippen LogP contribution >= 0.6 is 0 Å². The molecule has 1 aliphatic rings. The summed E-state index contributed by atoms with van der Waals surface area (Å²) in [6.45, 7) is 2.77. The molecule has 0 aliphatic carbocycles. The summed E-state index contributed by atoms with van der Waals surface area (Å²) in [6.07, 6.45) is 7.50. The van der Waals surface area contributed by atoms with Gasteiger partial charge in [-0.25, -0.2) is 9.37 Å². The molecule has 1 aromatic carbocycles. The molecule has 0 spiro atoms. The lowest BCUT2D eigenvalue weighted by Crippen LogP contribution is -2.25. The topological polar surface area (TPSA) is 105 Å². The van der Waals surface area contributed by atoms with E-state index in [4.69, 9.17) is 4.74 Å². The van der Waals surface area contributed by atoms with E-state index in [9.17, 15) is 14.3 Å². The summed E-state index contributed by atoms with van der Waals surface area (Å²) in [7, 11) is 0. The number of hydrogen-bond acceptors (Lipinski definition) is 6. The zero-order valence-corrected chi connectivity index (χ0v) is 19.5. The maximum absolute atomic E-state index is 12.6. The highest BCUT2D eigenvalue weighted by Gasteiger charge is 2.17. The molecule has 3 aromatic rings. The van der Waals surface area contributed by atoms with Crippen LogP contribution in [-0.4, -0.2) is 57.8 Å². The van der Waals surface area contributed by atoms with E-state index >= 15 is 0 Å². The molecule has 1 aliphatic heterocycles. The Morgan fingerprint density at radius 3 is 2.77 bits per heavy atom. The van der Waals surface area contributed by atoms with Gasteiger partial charge in [0.05, 0.1) is 23.8 Å². The van der Waals surface area contributed by atoms with Crippen LogP contribution in [0.1, 0.15) is 41.1 Å². The summed E-state index contributed by atoms with van der Waals surface area (Å²) >= 11 is 0. The fraction of sp³-hybridized carbons (Fsp3) is 0.423. The first-order valence-corrected chi connectivity index (χ1v) is 11.9. The molecule has 1 saturated heterocycles. The Morgan fingerprint density at radius 1 is 1.23 bits per heavy atom. The van der Waals surface area contributed by atoms with Gasteiger partial charge in [-0.2, -0.15) is 5.10 Å². The molecule has 35 heavy (non-hydrogen) atoms. The van der Waals surface area contributed by atoms with Crippen LogP contribution in [0.2, 0.25) is 0 Å². The lowest BCUT2D eigenvalue weighted by Gasteiger charge is -2.21. The Morgan fingerprint density at radius 2 is 2.00 bits per heavy atom. The monoisotopic (exact) mass is 479 g/mol. The number of aromatic amines is 1. The third-order valence-corrected chi connectivity index (χ3v) is 6.16. The molecule has 3 N–H and O–H groups in total. The first-order chi connectivity index (χ1) is 17.1. The van der Waals surface area contributed by atoms with Gasteiger partial charge in [0.15, 0.2) is 0 Å². The Kier molecular flexibility index (Phi) is 8.65. The normalized spacial score (nSPS) is 14.9. The van der Waals surface area contributed by atoms with Crippen LogP contribution in [0.4, 0.5) is 4.39 Å². The lowest BCUT2D eigenvalue weighted by molar-refractivity contribution is 0.0601. The smallest absolute Gasteiger partial charge is 0.293 e. The SMILES string of the molecule is O=c1[nH]cnc(CC(CNCCF)c2ccc(C#Cc3cnn(CC4CCOCC4)c3)cc2)c1O. The molecule has 0 amide bonds. The summed E-state index contributed by atoms with van der Waals surface area (Å²) in [5.74, 6) is 6.45. The molecule has 8 nitrogen and oxygen atoms in total. The molecule has 1 unspecified atom stereocenters. The maximum Gasteiger partial charge on any atom is 0.293 e. The van der Waals surface area contributed by atoms with Crippen LogP contribution in [0, 0.1) is 17.8 Å². The predicted octanol–water partition coefficient (Wildman–Crippen LogP) is 2.38. The second-order valence-corrected chi connectivity index (χ2v) is 8.70. The molecule has 0 bridgehead atoms. The Bertz CT molecular complexity index is 1210. The highest BCUT2D eigenvalue weighted by atomic mass is 19.1. The van der Waals surface area contributed by atoms with Gasteiger partial charge in [-0.05, 0) is 36.5 Å². The van der Waals surface area contributed by atoms with Gasteiger partial charge in [0, 0.05) is 56.9 Å². The number of halogens is 1. The number of ether oxygens (including phenoxy) is 1. The van der Waals surface area contributed by atoms with E-state index in [0.717, 1.165) is 49.3 Å². The molecule has 3 heterocycles. The van der Waals surface area contributed by atoms with E-state index in [0.29, 0.717) is 24.6 Å². The first kappa shape index (κ1) is 24.6. The average Bonchev–Trinajstić information content (AvgIpc) is 3.33. The average molecular weight is 480 g/mol. The minimum Gasteiger partial charge on any atom is -0.502 e. The number of alkyl halides is 1. The molecule has 4 rings (SSSR count). The van der Waals surface area contributed by atoms with Crippen LogP contribution in [0.5, 0.6) is 5.75 Å².